The van der Waals surface area contributed by atoms with Gasteiger partial charge in [-0.3, -0.25) is 4.57 Å². The molecule has 62 valence electrons. The van der Waals surface area contributed by atoms with E-state index < -0.39 is 8.25 Å². The molecule has 0 atom stereocenters. The molecule has 0 saturated heterocycles. The van der Waals surface area contributed by atoms with Crippen molar-refractivity contribution in [1.82, 2.24) is 5.32 Å². The molecule has 1 rings (SSSR count). The minimum Gasteiger partial charge on any atom is -0.368 e. The van der Waals surface area contributed by atoms with Crippen LogP contribution in [0.1, 0.15) is 0 Å². The maximum absolute atomic E-state index is 8.74. The molecule has 1 aliphatic rings. The highest BCUT2D eigenvalue weighted by atomic mass is 31.1. The maximum Gasteiger partial charge on any atom is 0.314 e. The van der Waals surface area contributed by atoms with Gasteiger partial charge in [0.25, 0.3) is 0 Å². The van der Waals surface area contributed by atoms with E-state index in [4.69, 9.17) is 14.4 Å². The van der Waals surface area contributed by atoms with E-state index in [-0.39, 0.29) is 0 Å². The summed E-state index contributed by atoms with van der Waals surface area (Å²) in [5, 5.41) is 2.92. The first kappa shape index (κ1) is 10.2. The quantitative estimate of drug-likeness (QED) is 0.470. The number of hydrogen-bond donors (Lipinski definition) is 3. The molecule has 5 heteroatoms. The molecule has 1 aliphatic heterocycles. The topological polar surface area (TPSA) is 69.6 Å². The van der Waals surface area contributed by atoms with Crippen LogP contribution in [0.3, 0.4) is 0 Å². The molecule has 3 N–H and O–H groups in total. The van der Waals surface area contributed by atoms with Crippen molar-refractivity contribution in [3.63, 3.8) is 0 Å². The Labute approximate surface area is 65.5 Å². The molecule has 1 heterocycles. The minimum atomic E-state index is -3.13. The molecule has 0 fully saturated rings. The Balaban J connectivity index is 0.000000218. The zero-order valence-corrected chi connectivity index (χ0v) is 6.77. The van der Waals surface area contributed by atoms with Crippen molar-refractivity contribution in [3.05, 3.63) is 36.7 Å². The molecule has 0 aromatic rings. The Morgan fingerprint density at radius 1 is 1.00 bits per heavy atom. The monoisotopic (exact) mass is 175 g/mol. The highest BCUT2D eigenvalue weighted by Gasteiger charge is 1.67. The van der Waals surface area contributed by atoms with E-state index in [9.17, 15) is 0 Å². The molecule has 0 amide bonds. The predicted molar refractivity (Wildman–Crippen MR) is 44.0 cm³/mol. The largest absolute Gasteiger partial charge is 0.368 e. The van der Waals surface area contributed by atoms with E-state index >= 15 is 0 Å². The Morgan fingerprint density at radius 2 is 1.36 bits per heavy atom. The van der Waals surface area contributed by atoms with Gasteiger partial charge in [-0.1, -0.05) is 12.2 Å². The van der Waals surface area contributed by atoms with Crippen molar-refractivity contribution < 1.29 is 14.4 Å². The zero-order valence-electron chi connectivity index (χ0n) is 5.77. The lowest BCUT2D eigenvalue weighted by Crippen LogP contribution is -1.87. The van der Waals surface area contributed by atoms with E-state index in [0.29, 0.717) is 0 Å². The smallest absolute Gasteiger partial charge is 0.314 e. The third kappa shape index (κ3) is 12.4. The van der Waals surface area contributed by atoms with Crippen LogP contribution in [0.4, 0.5) is 0 Å². The van der Waals surface area contributed by atoms with Gasteiger partial charge in [-0.25, -0.2) is 0 Å². The second kappa shape index (κ2) is 7.28. The molecule has 0 aliphatic carbocycles. The fourth-order valence-corrected chi connectivity index (χ4v) is 0.406. The van der Waals surface area contributed by atoms with Gasteiger partial charge in [0.15, 0.2) is 0 Å². The second-order valence-electron chi connectivity index (χ2n) is 1.55. The summed E-state index contributed by atoms with van der Waals surface area (Å²) in [6, 6.07) is 0. The van der Waals surface area contributed by atoms with Crippen molar-refractivity contribution in [2.75, 3.05) is 0 Å². The molecule has 4 nitrogen and oxygen atoms in total. The fraction of sp³-hybridized carbons (Fsp3) is 0. The third-order valence-electron chi connectivity index (χ3n) is 0.718. The van der Waals surface area contributed by atoms with Crippen molar-refractivity contribution in [3.8, 4) is 0 Å². The number of rotatable bonds is 0. The Bertz CT molecular complexity index is 180. The van der Waals surface area contributed by atoms with E-state index in [2.05, 4.69) is 5.32 Å². The second-order valence-corrected chi connectivity index (χ2v) is 2.12. The molecule has 11 heavy (non-hydrogen) atoms. The van der Waals surface area contributed by atoms with Crippen LogP contribution in [0, 0.1) is 0 Å². The van der Waals surface area contributed by atoms with Crippen LogP contribution in [-0.2, 0) is 4.57 Å². The molecule has 0 aromatic carbocycles. The van der Waals surface area contributed by atoms with Gasteiger partial charge in [-0.15, -0.1) is 0 Å². The van der Waals surface area contributed by atoms with Crippen LogP contribution < -0.4 is 5.32 Å². The molecule has 0 saturated carbocycles. The number of nitrogens with one attached hydrogen (secondary N) is 1. The summed E-state index contributed by atoms with van der Waals surface area (Å²) in [5.74, 6) is 0. The van der Waals surface area contributed by atoms with Crippen LogP contribution >= 0.6 is 8.25 Å². The van der Waals surface area contributed by atoms with Gasteiger partial charge in [0.1, 0.15) is 0 Å². The van der Waals surface area contributed by atoms with Gasteiger partial charge in [0.05, 0.1) is 0 Å². The number of hydrogen-bond acceptors (Lipinski definition) is 2. The number of allylic oxidation sites excluding steroid dienone is 4. The average Bonchev–Trinajstić information content (AvgIpc) is 2.13. The Morgan fingerprint density at radius 3 is 1.73 bits per heavy atom. The molecule has 0 unspecified atom stereocenters. The fourth-order valence-electron chi connectivity index (χ4n) is 0.406. The lowest BCUT2D eigenvalue weighted by molar-refractivity contribution is 0.405. The lowest BCUT2D eigenvalue weighted by Gasteiger charge is -1.79. The Hall–Kier alpha value is -0.830. The molecule has 0 spiro atoms. The van der Waals surface area contributed by atoms with Crippen molar-refractivity contribution >= 4 is 8.25 Å². The van der Waals surface area contributed by atoms with Gasteiger partial charge >= 0.3 is 8.25 Å². The molecular formula is C6H10NO3P. The molecule has 0 bridgehead atoms. The summed E-state index contributed by atoms with van der Waals surface area (Å²) in [5.41, 5.74) is 0. The van der Waals surface area contributed by atoms with Crippen LogP contribution in [0.5, 0.6) is 0 Å². The van der Waals surface area contributed by atoms with Gasteiger partial charge in [0, 0.05) is 12.4 Å². The van der Waals surface area contributed by atoms with Crippen molar-refractivity contribution in [2.24, 2.45) is 0 Å². The van der Waals surface area contributed by atoms with E-state index in [1.165, 1.54) is 0 Å². The third-order valence-corrected chi connectivity index (χ3v) is 0.718. The summed E-state index contributed by atoms with van der Waals surface area (Å²) in [4.78, 5) is 14.3. The maximum atomic E-state index is 8.74. The highest BCUT2D eigenvalue weighted by molar-refractivity contribution is 7.30. The van der Waals surface area contributed by atoms with Crippen molar-refractivity contribution in [1.29, 1.82) is 0 Å². The normalized spacial score (nSPS) is 13.4. The summed E-state index contributed by atoms with van der Waals surface area (Å²) in [7, 11) is -3.13. The first-order chi connectivity index (χ1) is 5.23. The first-order valence-electron chi connectivity index (χ1n) is 2.90. The van der Waals surface area contributed by atoms with Gasteiger partial charge in [-0.05, 0) is 12.2 Å². The predicted octanol–water partition coefficient (Wildman–Crippen LogP) is 0.534. The first-order valence-corrected chi connectivity index (χ1v) is 4.20. The van der Waals surface area contributed by atoms with E-state index in [1.54, 1.807) is 0 Å². The summed E-state index contributed by atoms with van der Waals surface area (Å²) in [6.45, 7) is 0. The molecule has 0 aromatic heterocycles. The van der Waals surface area contributed by atoms with Crippen molar-refractivity contribution in [2.45, 2.75) is 0 Å². The summed E-state index contributed by atoms with van der Waals surface area (Å²) >= 11 is 0. The van der Waals surface area contributed by atoms with Crippen LogP contribution in [0.25, 0.3) is 0 Å². The lowest BCUT2D eigenvalue weighted by atomic mass is 10.5. The van der Waals surface area contributed by atoms with Crippen LogP contribution in [0.15, 0.2) is 36.7 Å². The van der Waals surface area contributed by atoms with E-state index in [1.807, 2.05) is 36.7 Å². The van der Waals surface area contributed by atoms with E-state index in [0.717, 1.165) is 0 Å². The van der Waals surface area contributed by atoms with Crippen LogP contribution in [0.2, 0.25) is 0 Å². The zero-order chi connectivity index (χ0) is 8.53. The van der Waals surface area contributed by atoms with Gasteiger partial charge in [0.2, 0.25) is 0 Å². The van der Waals surface area contributed by atoms with Gasteiger partial charge < -0.3 is 15.1 Å². The summed E-state index contributed by atoms with van der Waals surface area (Å²) in [6.07, 6.45) is 11.6. The minimum absolute atomic E-state index is 1.88. The molecular weight excluding hydrogens is 165 g/mol. The van der Waals surface area contributed by atoms with Gasteiger partial charge in [-0.2, -0.15) is 0 Å². The SMILES string of the molecule is C1=CC=CNC=C1.O=[PH](O)O. The molecule has 0 radical (unpaired) electrons. The standard InChI is InChI=1S/C6H7N.H3O3P/c1-2-4-6-7-5-3-1;1-4(2)3/h1-7H;4H,(H2,1,2,3). The highest BCUT2D eigenvalue weighted by Crippen LogP contribution is 1.98. The Kier molecular flexibility index (Phi) is 6.73. The average molecular weight is 175 g/mol. The van der Waals surface area contributed by atoms with Crippen LogP contribution in [-0.4, -0.2) is 9.79 Å². The summed E-state index contributed by atoms with van der Waals surface area (Å²) < 4.78 is 8.74.